The summed E-state index contributed by atoms with van der Waals surface area (Å²) in [4.78, 5) is 26.5. The van der Waals surface area contributed by atoms with Gasteiger partial charge in [-0.3, -0.25) is 14.5 Å². The number of nitrogens with zero attached hydrogens (tertiary/aromatic N) is 1. The molecule has 2 amide bonds. The van der Waals surface area contributed by atoms with E-state index in [9.17, 15) is 18.0 Å². The first-order valence-corrected chi connectivity index (χ1v) is 10.4. The van der Waals surface area contributed by atoms with Crippen LogP contribution in [-0.4, -0.2) is 20.2 Å². The third kappa shape index (κ3) is 3.23. The van der Waals surface area contributed by atoms with Crippen LogP contribution in [0, 0.1) is 11.8 Å². The standard InChI is InChI=1S/C20H19NO5S/c22-19-17-8-4-5-9-18(17)20(23)21(19)14-10-12-15(13-11-14)26-27(24,25)16-6-2-1-3-7-16/h1-3,6-7,10-13,17-18H,4-5,8-9H2/t17-,18+. The van der Waals surface area contributed by atoms with E-state index >= 15 is 0 Å². The number of rotatable bonds is 4. The molecule has 2 aliphatic rings. The number of benzene rings is 2. The van der Waals surface area contributed by atoms with Crippen molar-refractivity contribution in [2.75, 3.05) is 4.90 Å². The maximum atomic E-state index is 12.6. The first kappa shape index (κ1) is 17.7. The molecule has 0 aromatic heterocycles. The minimum Gasteiger partial charge on any atom is -0.379 e. The van der Waals surface area contributed by atoms with Crippen LogP contribution < -0.4 is 9.08 Å². The van der Waals surface area contributed by atoms with Crippen molar-refractivity contribution in [1.29, 1.82) is 0 Å². The molecule has 140 valence electrons. The molecule has 4 rings (SSSR count). The van der Waals surface area contributed by atoms with Gasteiger partial charge in [0.25, 0.3) is 0 Å². The molecule has 0 bridgehead atoms. The minimum absolute atomic E-state index is 0.0584. The van der Waals surface area contributed by atoms with Gasteiger partial charge in [-0.2, -0.15) is 8.42 Å². The van der Waals surface area contributed by atoms with Gasteiger partial charge in [-0.25, -0.2) is 0 Å². The highest BCUT2D eigenvalue weighted by Crippen LogP contribution is 2.40. The van der Waals surface area contributed by atoms with Crippen LogP contribution in [0.25, 0.3) is 0 Å². The zero-order valence-electron chi connectivity index (χ0n) is 14.6. The van der Waals surface area contributed by atoms with E-state index in [0.717, 1.165) is 25.7 Å². The number of carbonyl (C=O) groups excluding carboxylic acids is 2. The van der Waals surface area contributed by atoms with Crippen LogP contribution in [0.5, 0.6) is 5.75 Å². The van der Waals surface area contributed by atoms with Crippen molar-refractivity contribution >= 4 is 27.6 Å². The molecule has 2 aromatic rings. The highest BCUT2D eigenvalue weighted by Gasteiger charge is 2.48. The molecule has 2 aromatic carbocycles. The van der Waals surface area contributed by atoms with Crippen LogP contribution in [0.1, 0.15) is 25.7 Å². The molecule has 0 N–H and O–H groups in total. The van der Waals surface area contributed by atoms with Gasteiger partial charge in [-0.1, -0.05) is 31.0 Å². The average Bonchev–Trinajstić information content (AvgIpc) is 2.94. The van der Waals surface area contributed by atoms with Crippen molar-refractivity contribution in [2.45, 2.75) is 30.6 Å². The third-order valence-corrected chi connectivity index (χ3v) is 6.44. The number of hydrogen-bond acceptors (Lipinski definition) is 5. The Morgan fingerprint density at radius 1 is 0.815 bits per heavy atom. The lowest BCUT2D eigenvalue weighted by Crippen LogP contribution is -2.30. The molecule has 0 spiro atoms. The van der Waals surface area contributed by atoms with Crippen LogP contribution >= 0.6 is 0 Å². The summed E-state index contributed by atoms with van der Waals surface area (Å²) in [6.07, 6.45) is 3.45. The van der Waals surface area contributed by atoms with Crippen molar-refractivity contribution in [1.82, 2.24) is 0 Å². The maximum absolute atomic E-state index is 12.6. The van der Waals surface area contributed by atoms with Gasteiger partial charge in [0, 0.05) is 0 Å². The molecule has 6 nitrogen and oxygen atoms in total. The molecule has 1 aliphatic heterocycles. The largest absolute Gasteiger partial charge is 0.379 e. The normalized spacial score (nSPS) is 22.6. The van der Waals surface area contributed by atoms with Crippen LogP contribution in [0.4, 0.5) is 5.69 Å². The molecule has 1 aliphatic carbocycles. The summed E-state index contributed by atoms with van der Waals surface area (Å²) < 4.78 is 29.7. The Hall–Kier alpha value is -2.67. The van der Waals surface area contributed by atoms with Crippen molar-refractivity contribution in [3.8, 4) is 5.75 Å². The number of imide groups is 1. The highest BCUT2D eigenvalue weighted by atomic mass is 32.2. The number of fused-ring (bicyclic) bond motifs is 1. The SMILES string of the molecule is O=C1[C@H]2CCCC[C@H]2C(=O)N1c1ccc(OS(=O)(=O)c2ccccc2)cc1. The van der Waals surface area contributed by atoms with E-state index in [2.05, 4.69) is 0 Å². The fraction of sp³-hybridized carbons (Fsp3) is 0.300. The topological polar surface area (TPSA) is 80.8 Å². The fourth-order valence-electron chi connectivity index (χ4n) is 3.83. The number of hydrogen-bond donors (Lipinski definition) is 0. The van der Waals surface area contributed by atoms with Gasteiger partial charge < -0.3 is 4.18 Å². The molecular weight excluding hydrogens is 366 g/mol. The molecule has 1 heterocycles. The summed E-state index contributed by atoms with van der Waals surface area (Å²) in [5, 5.41) is 0. The van der Waals surface area contributed by atoms with Crippen LogP contribution in [0.15, 0.2) is 59.5 Å². The van der Waals surface area contributed by atoms with Crippen LogP contribution in [-0.2, 0) is 19.7 Å². The first-order valence-electron chi connectivity index (χ1n) is 8.95. The van der Waals surface area contributed by atoms with E-state index in [4.69, 9.17) is 4.18 Å². The summed E-state index contributed by atoms with van der Waals surface area (Å²) in [6.45, 7) is 0. The smallest absolute Gasteiger partial charge is 0.339 e. The predicted molar refractivity (Wildman–Crippen MR) is 98.6 cm³/mol. The fourth-order valence-corrected chi connectivity index (χ4v) is 4.78. The zero-order valence-corrected chi connectivity index (χ0v) is 15.4. The Balaban J connectivity index is 1.54. The predicted octanol–water partition coefficient (Wildman–Crippen LogP) is 3.13. The Bertz CT molecular complexity index is 945. The first-order chi connectivity index (χ1) is 13.0. The summed E-state index contributed by atoms with van der Waals surface area (Å²) in [5.74, 6) is -0.633. The van der Waals surface area contributed by atoms with E-state index in [1.165, 1.54) is 29.2 Å². The second-order valence-electron chi connectivity index (χ2n) is 6.85. The summed E-state index contributed by atoms with van der Waals surface area (Å²) >= 11 is 0. The van der Waals surface area contributed by atoms with Gasteiger partial charge in [-0.05, 0) is 49.2 Å². The third-order valence-electron chi connectivity index (χ3n) is 5.17. The van der Waals surface area contributed by atoms with Gasteiger partial charge >= 0.3 is 10.1 Å². The van der Waals surface area contributed by atoms with Crippen LogP contribution in [0.2, 0.25) is 0 Å². The lowest BCUT2D eigenvalue weighted by atomic mass is 9.81. The molecule has 2 fully saturated rings. The Morgan fingerprint density at radius 2 is 1.37 bits per heavy atom. The quantitative estimate of drug-likeness (QED) is 0.597. The molecule has 1 saturated heterocycles. The second kappa shape index (κ2) is 6.81. The number of anilines is 1. The summed E-state index contributed by atoms with van der Waals surface area (Å²) in [6, 6.07) is 13.9. The Kier molecular flexibility index (Phi) is 4.47. The van der Waals surface area contributed by atoms with Crippen molar-refractivity contribution < 1.29 is 22.2 Å². The molecule has 7 heteroatoms. The molecule has 0 unspecified atom stereocenters. The van der Waals surface area contributed by atoms with Gasteiger partial charge in [-0.15, -0.1) is 0 Å². The lowest BCUT2D eigenvalue weighted by molar-refractivity contribution is -0.122. The average molecular weight is 385 g/mol. The van der Waals surface area contributed by atoms with Crippen molar-refractivity contribution in [2.24, 2.45) is 11.8 Å². The molecular formula is C20H19NO5S. The monoisotopic (exact) mass is 385 g/mol. The maximum Gasteiger partial charge on any atom is 0.339 e. The van der Waals surface area contributed by atoms with E-state index in [1.54, 1.807) is 30.3 Å². The number of amides is 2. The molecule has 0 radical (unpaired) electrons. The molecule has 1 saturated carbocycles. The molecule has 27 heavy (non-hydrogen) atoms. The summed E-state index contributed by atoms with van der Waals surface area (Å²) in [5.41, 5.74) is 0.448. The minimum atomic E-state index is -3.93. The van der Waals surface area contributed by atoms with E-state index in [1.807, 2.05) is 0 Å². The van der Waals surface area contributed by atoms with E-state index in [-0.39, 0.29) is 34.3 Å². The van der Waals surface area contributed by atoms with E-state index < -0.39 is 10.1 Å². The lowest BCUT2D eigenvalue weighted by Gasteiger charge is -2.19. The highest BCUT2D eigenvalue weighted by molar-refractivity contribution is 7.87. The van der Waals surface area contributed by atoms with Crippen LogP contribution in [0.3, 0.4) is 0 Å². The van der Waals surface area contributed by atoms with Crippen molar-refractivity contribution in [3.63, 3.8) is 0 Å². The van der Waals surface area contributed by atoms with Gasteiger partial charge in [0.2, 0.25) is 11.8 Å². The zero-order chi connectivity index (χ0) is 19.0. The number of carbonyl (C=O) groups is 2. The van der Waals surface area contributed by atoms with Gasteiger partial charge in [0.15, 0.2) is 0 Å². The van der Waals surface area contributed by atoms with Crippen molar-refractivity contribution in [3.05, 3.63) is 54.6 Å². The summed E-state index contributed by atoms with van der Waals surface area (Å²) in [7, 11) is -3.93. The Labute approximate surface area is 157 Å². The second-order valence-corrected chi connectivity index (χ2v) is 8.40. The van der Waals surface area contributed by atoms with Gasteiger partial charge in [0.05, 0.1) is 17.5 Å². The Morgan fingerprint density at radius 3 is 1.93 bits per heavy atom. The molecule has 2 atom stereocenters. The van der Waals surface area contributed by atoms with E-state index in [0.29, 0.717) is 5.69 Å². The van der Waals surface area contributed by atoms with Gasteiger partial charge in [0.1, 0.15) is 10.6 Å².